The van der Waals surface area contributed by atoms with Crippen LogP contribution in [-0.4, -0.2) is 59.7 Å². The lowest BCUT2D eigenvalue weighted by Gasteiger charge is -2.16. The Morgan fingerprint density at radius 1 is 1.38 bits per heavy atom. The van der Waals surface area contributed by atoms with E-state index >= 15 is 0 Å². The lowest BCUT2D eigenvalue weighted by atomic mass is 10.1. The Kier molecular flexibility index (Phi) is 3.29. The third-order valence-corrected chi connectivity index (χ3v) is 3.40. The van der Waals surface area contributed by atoms with Gasteiger partial charge in [-0.15, -0.1) is 0 Å². The van der Waals surface area contributed by atoms with Gasteiger partial charge < -0.3 is 20.1 Å². The van der Waals surface area contributed by atoms with Gasteiger partial charge in [-0.1, -0.05) is 0 Å². The maximum Gasteiger partial charge on any atom is 0.289 e. The van der Waals surface area contributed by atoms with Crippen molar-refractivity contribution in [1.29, 1.82) is 0 Å². The molecule has 10 nitrogen and oxygen atoms in total. The van der Waals surface area contributed by atoms with Crippen molar-refractivity contribution in [3.8, 4) is 0 Å². The molecule has 0 aromatic carbocycles. The van der Waals surface area contributed by atoms with Crippen LogP contribution in [0.5, 0.6) is 0 Å². The first-order valence-electron chi connectivity index (χ1n) is 6.12. The molecule has 3 heterocycles. The number of aliphatic hydroxyl groups excluding tert-OH is 3. The van der Waals surface area contributed by atoms with Crippen molar-refractivity contribution in [2.24, 2.45) is 0 Å². The molecule has 3 N–H and O–H groups in total. The van der Waals surface area contributed by atoms with Crippen LogP contribution >= 0.6 is 0 Å². The molecule has 1 fully saturated rings. The summed E-state index contributed by atoms with van der Waals surface area (Å²) < 4.78 is 6.73. The molecule has 0 spiro atoms. The van der Waals surface area contributed by atoms with Gasteiger partial charge in [0.1, 0.15) is 30.0 Å². The predicted molar refractivity (Wildman–Crippen MR) is 67.2 cm³/mol. The summed E-state index contributed by atoms with van der Waals surface area (Å²) in [5.41, 5.74) is 0.339. The van der Waals surface area contributed by atoms with Gasteiger partial charge in [0, 0.05) is 6.07 Å². The second-order valence-electron chi connectivity index (χ2n) is 4.67. The number of fused-ring (bicyclic) bond motifs is 1. The molecule has 2 aromatic heterocycles. The minimum absolute atomic E-state index is 0.200. The van der Waals surface area contributed by atoms with Crippen LogP contribution in [0.4, 0.5) is 5.69 Å². The number of ether oxygens (including phenoxy) is 1. The maximum atomic E-state index is 10.7. The van der Waals surface area contributed by atoms with Gasteiger partial charge in [0.15, 0.2) is 11.9 Å². The Balaban J connectivity index is 2.00. The fourth-order valence-corrected chi connectivity index (χ4v) is 2.30. The third kappa shape index (κ3) is 2.14. The number of pyridine rings is 1. The van der Waals surface area contributed by atoms with Crippen LogP contribution in [0.1, 0.15) is 6.23 Å². The molecule has 4 atom stereocenters. The summed E-state index contributed by atoms with van der Waals surface area (Å²) in [5, 5.41) is 39.5. The topological polar surface area (TPSA) is 144 Å². The third-order valence-electron chi connectivity index (χ3n) is 3.40. The number of aromatic nitrogens is 3. The zero-order valence-electron chi connectivity index (χ0n) is 10.6. The van der Waals surface area contributed by atoms with Gasteiger partial charge in [0.05, 0.1) is 17.9 Å². The van der Waals surface area contributed by atoms with Crippen molar-refractivity contribution >= 4 is 16.9 Å². The molecule has 2 aromatic rings. The van der Waals surface area contributed by atoms with E-state index in [1.54, 1.807) is 0 Å². The van der Waals surface area contributed by atoms with E-state index in [4.69, 9.17) is 9.84 Å². The molecule has 21 heavy (non-hydrogen) atoms. The van der Waals surface area contributed by atoms with Crippen LogP contribution in [0, 0.1) is 10.1 Å². The lowest BCUT2D eigenvalue weighted by Crippen LogP contribution is -2.33. The summed E-state index contributed by atoms with van der Waals surface area (Å²) in [7, 11) is 0. The van der Waals surface area contributed by atoms with E-state index in [1.165, 1.54) is 17.0 Å². The van der Waals surface area contributed by atoms with E-state index in [-0.39, 0.29) is 16.9 Å². The number of rotatable bonds is 3. The number of nitrogens with zero attached hydrogens (tertiary/aromatic N) is 4. The second kappa shape index (κ2) is 5.00. The van der Waals surface area contributed by atoms with E-state index in [0.29, 0.717) is 0 Å². The van der Waals surface area contributed by atoms with E-state index < -0.39 is 36.1 Å². The molecule has 1 aliphatic rings. The van der Waals surface area contributed by atoms with Crippen molar-refractivity contribution < 1.29 is 25.0 Å². The van der Waals surface area contributed by atoms with Crippen LogP contribution in [0.25, 0.3) is 11.2 Å². The highest BCUT2D eigenvalue weighted by atomic mass is 16.6. The monoisotopic (exact) mass is 296 g/mol. The minimum Gasteiger partial charge on any atom is -0.394 e. The van der Waals surface area contributed by atoms with Gasteiger partial charge in [-0.25, -0.2) is 9.97 Å². The molecule has 10 heteroatoms. The Bertz CT molecular complexity index is 688. The zero-order valence-corrected chi connectivity index (χ0v) is 10.6. The van der Waals surface area contributed by atoms with Gasteiger partial charge in [-0.2, -0.15) is 0 Å². The van der Waals surface area contributed by atoms with Crippen LogP contribution < -0.4 is 0 Å². The molecule has 4 unspecified atom stereocenters. The number of imidazole rings is 1. The van der Waals surface area contributed by atoms with E-state index in [2.05, 4.69) is 9.97 Å². The van der Waals surface area contributed by atoms with Gasteiger partial charge >= 0.3 is 0 Å². The number of hydrogen-bond acceptors (Lipinski definition) is 8. The molecule has 1 saturated heterocycles. The largest absolute Gasteiger partial charge is 0.394 e. The van der Waals surface area contributed by atoms with Gasteiger partial charge in [0.2, 0.25) is 0 Å². The molecule has 0 radical (unpaired) electrons. The molecule has 0 amide bonds. The number of aliphatic hydroxyl groups is 3. The predicted octanol–water partition coefficient (Wildman–Crippen LogP) is -1.05. The molecular weight excluding hydrogens is 284 g/mol. The van der Waals surface area contributed by atoms with Crippen LogP contribution in [0.2, 0.25) is 0 Å². The van der Waals surface area contributed by atoms with Gasteiger partial charge in [0.25, 0.3) is 5.69 Å². The van der Waals surface area contributed by atoms with Crippen LogP contribution in [0.15, 0.2) is 18.6 Å². The van der Waals surface area contributed by atoms with E-state index in [9.17, 15) is 20.3 Å². The Morgan fingerprint density at radius 3 is 2.76 bits per heavy atom. The summed E-state index contributed by atoms with van der Waals surface area (Å²) >= 11 is 0. The molecule has 3 rings (SSSR count). The van der Waals surface area contributed by atoms with Crippen molar-refractivity contribution in [3.63, 3.8) is 0 Å². The SMILES string of the molecule is O=[N+]([O-])c1cnc2c(c1)ncn2C1OC(CO)C(O)C1O. The minimum atomic E-state index is -1.27. The molecule has 112 valence electrons. The average molecular weight is 296 g/mol. The Labute approximate surface area is 117 Å². The molecular formula is C11H12N4O6. The molecule has 0 aliphatic carbocycles. The van der Waals surface area contributed by atoms with E-state index in [0.717, 1.165) is 6.20 Å². The van der Waals surface area contributed by atoms with Gasteiger partial charge in [-0.05, 0) is 0 Å². The first kappa shape index (κ1) is 13.8. The lowest BCUT2D eigenvalue weighted by molar-refractivity contribution is -0.385. The highest BCUT2D eigenvalue weighted by molar-refractivity contribution is 5.73. The summed E-state index contributed by atoms with van der Waals surface area (Å²) in [4.78, 5) is 18.0. The first-order chi connectivity index (χ1) is 10.0. The fourth-order valence-electron chi connectivity index (χ4n) is 2.30. The quantitative estimate of drug-likeness (QED) is 0.481. The molecule has 0 bridgehead atoms. The zero-order chi connectivity index (χ0) is 15.1. The standard InChI is InChI=1S/C11H12N4O6/c16-3-7-8(17)9(18)11(21-7)14-4-13-6-1-5(15(19)20)2-12-10(6)14/h1-2,4,7-9,11,16-18H,3H2. The van der Waals surface area contributed by atoms with Crippen molar-refractivity contribution in [2.75, 3.05) is 6.61 Å². The fraction of sp³-hybridized carbons (Fsp3) is 0.455. The first-order valence-corrected chi connectivity index (χ1v) is 6.12. The van der Waals surface area contributed by atoms with Crippen molar-refractivity contribution in [2.45, 2.75) is 24.5 Å². The number of nitro groups is 1. The smallest absolute Gasteiger partial charge is 0.289 e. The highest BCUT2D eigenvalue weighted by Crippen LogP contribution is 2.31. The highest BCUT2D eigenvalue weighted by Gasteiger charge is 2.43. The van der Waals surface area contributed by atoms with Crippen LogP contribution in [0.3, 0.4) is 0 Å². The molecule has 1 aliphatic heterocycles. The van der Waals surface area contributed by atoms with Crippen LogP contribution in [-0.2, 0) is 4.74 Å². The van der Waals surface area contributed by atoms with Gasteiger partial charge in [-0.3, -0.25) is 14.7 Å². The number of hydrogen-bond donors (Lipinski definition) is 3. The normalized spacial score (nSPS) is 29.1. The van der Waals surface area contributed by atoms with Crippen molar-refractivity contribution in [3.05, 3.63) is 28.7 Å². The second-order valence-corrected chi connectivity index (χ2v) is 4.67. The molecule has 0 saturated carbocycles. The summed E-state index contributed by atoms with van der Waals surface area (Å²) in [6.07, 6.45) is -2.02. The Morgan fingerprint density at radius 2 is 2.14 bits per heavy atom. The van der Waals surface area contributed by atoms with Crippen molar-refractivity contribution in [1.82, 2.24) is 14.5 Å². The van der Waals surface area contributed by atoms with E-state index in [1.807, 2.05) is 0 Å². The Hall–Kier alpha value is -2.14. The average Bonchev–Trinajstić information content (AvgIpc) is 3.01. The maximum absolute atomic E-state index is 10.7. The summed E-state index contributed by atoms with van der Waals surface area (Å²) in [6.45, 7) is -0.444. The summed E-state index contributed by atoms with van der Waals surface area (Å²) in [5.74, 6) is 0. The summed E-state index contributed by atoms with van der Waals surface area (Å²) in [6, 6.07) is 1.25.